The highest BCUT2D eigenvalue weighted by molar-refractivity contribution is 5.96. The third-order valence-corrected chi connectivity index (χ3v) is 3.03. The van der Waals surface area contributed by atoms with Gasteiger partial charge in [0.15, 0.2) is 5.78 Å². The van der Waals surface area contributed by atoms with E-state index in [1.165, 1.54) is 0 Å². The smallest absolute Gasteiger partial charge is 0.160 e. The highest BCUT2D eigenvalue weighted by Crippen LogP contribution is 2.33. The van der Waals surface area contributed by atoms with Gasteiger partial charge in [-0.05, 0) is 24.8 Å². The SMILES string of the molecule is CC(=O)c1ccccc1C1CCC(=O)C1. The van der Waals surface area contributed by atoms with Crippen molar-refractivity contribution in [3.63, 3.8) is 0 Å². The number of rotatable bonds is 2. The van der Waals surface area contributed by atoms with Crippen molar-refractivity contribution in [3.8, 4) is 0 Å². The Morgan fingerprint density at radius 2 is 2.07 bits per heavy atom. The summed E-state index contributed by atoms with van der Waals surface area (Å²) < 4.78 is 0. The summed E-state index contributed by atoms with van der Waals surface area (Å²) >= 11 is 0. The zero-order valence-corrected chi connectivity index (χ0v) is 8.82. The van der Waals surface area contributed by atoms with Gasteiger partial charge in [0.05, 0.1) is 0 Å². The van der Waals surface area contributed by atoms with E-state index in [1.807, 2.05) is 24.3 Å². The Hall–Kier alpha value is -1.44. The zero-order chi connectivity index (χ0) is 10.8. The predicted octanol–water partition coefficient (Wildman–Crippen LogP) is 2.73. The number of ketones is 2. The molecule has 0 radical (unpaired) electrons. The minimum Gasteiger partial charge on any atom is -0.300 e. The van der Waals surface area contributed by atoms with Gasteiger partial charge in [0.2, 0.25) is 0 Å². The summed E-state index contributed by atoms with van der Waals surface area (Å²) in [6.45, 7) is 1.58. The molecular weight excluding hydrogens is 188 g/mol. The molecule has 1 aliphatic carbocycles. The first-order chi connectivity index (χ1) is 7.18. The van der Waals surface area contributed by atoms with Gasteiger partial charge in [0.1, 0.15) is 5.78 Å². The largest absolute Gasteiger partial charge is 0.300 e. The van der Waals surface area contributed by atoms with Crippen LogP contribution in [-0.2, 0) is 4.79 Å². The lowest BCUT2D eigenvalue weighted by Gasteiger charge is -2.12. The quantitative estimate of drug-likeness (QED) is 0.691. The summed E-state index contributed by atoms with van der Waals surface area (Å²) in [5.74, 6) is 0.668. The molecule has 2 nitrogen and oxygen atoms in total. The third-order valence-electron chi connectivity index (χ3n) is 3.03. The van der Waals surface area contributed by atoms with Crippen LogP contribution in [0.1, 0.15) is 48.0 Å². The van der Waals surface area contributed by atoms with Crippen LogP contribution in [0.3, 0.4) is 0 Å². The average molecular weight is 202 g/mol. The Balaban J connectivity index is 2.35. The molecule has 1 saturated carbocycles. The summed E-state index contributed by atoms with van der Waals surface area (Å²) in [6.07, 6.45) is 2.16. The van der Waals surface area contributed by atoms with E-state index in [0.717, 1.165) is 17.5 Å². The highest BCUT2D eigenvalue weighted by Gasteiger charge is 2.25. The minimum absolute atomic E-state index is 0.0879. The molecular formula is C13H14O2. The maximum Gasteiger partial charge on any atom is 0.160 e. The fourth-order valence-corrected chi connectivity index (χ4v) is 2.25. The van der Waals surface area contributed by atoms with Crippen LogP contribution in [0, 0.1) is 0 Å². The number of Topliss-reactive ketones (excluding diaryl/α,β-unsaturated/α-hetero) is 2. The van der Waals surface area contributed by atoms with E-state index in [-0.39, 0.29) is 11.7 Å². The van der Waals surface area contributed by atoms with Gasteiger partial charge in [-0.25, -0.2) is 0 Å². The van der Waals surface area contributed by atoms with Crippen LogP contribution in [0.5, 0.6) is 0 Å². The van der Waals surface area contributed by atoms with Gasteiger partial charge in [-0.1, -0.05) is 24.3 Å². The van der Waals surface area contributed by atoms with Crippen molar-refractivity contribution in [1.29, 1.82) is 0 Å². The molecule has 0 aliphatic heterocycles. The number of hydrogen-bond donors (Lipinski definition) is 0. The molecule has 15 heavy (non-hydrogen) atoms. The average Bonchev–Trinajstić information content (AvgIpc) is 2.65. The maximum absolute atomic E-state index is 11.4. The van der Waals surface area contributed by atoms with Crippen LogP contribution in [0.4, 0.5) is 0 Å². The van der Waals surface area contributed by atoms with Crippen LogP contribution in [-0.4, -0.2) is 11.6 Å². The molecule has 2 heteroatoms. The summed E-state index contributed by atoms with van der Waals surface area (Å²) in [4.78, 5) is 22.6. The van der Waals surface area contributed by atoms with Crippen LogP contribution in [0.15, 0.2) is 24.3 Å². The second-order valence-electron chi connectivity index (χ2n) is 4.12. The lowest BCUT2D eigenvalue weighted by molar-refractivity contribution is -0.117. The molecule has 1 aliphatic rings. The van der Waals surface area contributed by atoms with Gasteiger partial charge in [-0.3, -0.25) is 9.59 Å². The van der Waals surface area contributed by atoms with Gasteiger partial charge in [-0.15, -0.1) is 0 Å². The Labute approximate surface area is 89.3 Å². The van der Waals surface area contributed by atoms with E-state index in [2.05, 4.69) is 0 Å². The molecule has 1 atom stereocenters. The summed E-state index contributed by atoms with van der Waals surface area (Å²) in [7, 11) is 0. The molecule has 0 aromatic heterocycles. The topological polar surface area (TPSA) is 34.1 Å². The number of carbonyl (C=O) groups excluding carboxylic acids is 2. The zero-order valence-electron chi connectivity index (χ0n) is 8.82. The van der Waals surface area contributed by atoms with Crippen molar-refractivity contribution in [2.24, 2.45) is 0 Å². The molecule has 2 rings (SSSR count). The first-order valence-corrected chi connectivity index (χ1v) is 5.30. The second kappa shape index (κ2) is 3.97. The Bertz CT molecular complexity index is 407. The summed E-state index contributed by atoms with van der Waals surface area (Å²) in [5.41, 5.74) is 1.83. The van der Waals surface area contributed by atoms with Crippen LogP contribution in [0.2, 0.25) is 0 Å². The van der Waals surface area contributed by atoms with Gasteiger partial charge in [0, 0.05) is 18.4 Å². The Morgan fingerprint density at radius 1 is 1.33 bits per heavy atom. The summed E-state index contributed by atoms with van der Waals surface area (Å²) in [6, 6.07) is 7.63. The van der Waals surface area contributed by atoms with Crippen molar-refractivity contribution in [1.82, 2.24) is 0 Å². The molecule has 0 saturated heterocycles. The monoisotopic (exact) mass is 202 g/mol. The standard InChI is InChI=1S/C13H14O2/c1-9(14)12-4-2-3-5-13(12)10-6-7-11(15)8-10/h2-5,10H,6-8H2,1H3. The predicted molar refractivity (Wildman–Crippen MR) is 58.0 cm³/mol. The van der Waals surface area contributed by atoms with Crippen molar-refractivity contribution in [3.05, 3.63) is 35.4 Å². The first kappa shape index (κ1) is 10.1. The van der Waals surface area contributed by atoms with Gasteiger partial charge in [-0.2, -0.15) is 0 Å². The molecule has 1 fully saturated rings. The molecule has 0 bridgehead atoms. The van der Waals surface area contributed by atoms with Crippen LogP contribution in [0.25, 0.3) is 0 Å². The van der Waals surface area contributed by atoms with Crippen LogP contribution >= 0.6 is 0 Å². The first-order valence-electron chi connectivity index (χ1n) is 5.30. The number of carbonyl (C=O) groups is 2. The van der Waals surface area contributed by atoms with E-state index >= 15 is 0 Å². The van der Waals surface area contributed by atoms with Crippen molar-refractivity contribution >= 4 is 11.6 Å². The molecule has 0 heterocycles. The fourth-order valence-electron chi connectivity index (χ4n) is 2.25. The highest BCUT2D eigenvalue weighted by atomic mass is 16.1. The summed E-state index contributed by atoms with van der Waals surface area (Å²) in [5, 5.41) is 0. The third kappa shape index (κ3) is 1.99. The Morgan fingerprint density at radius 3 is 2.67 bits per heavy atom. The van der Waals surface area contributed by atoms with Crippen molar-refractivity contribution in [2.75, 3.05) is 0 Å². The van der Waals surface area contributed by atoms with Crippen molar-refractivity contribution < 1.29 is 9.59 Å². The molecule has 1 aromatic carbocycles. The Kier molecular flexibility index (Phi) is 2.67. The maximum atomic E-state index is 11.4. The van der Waals surface area contributed by atoms with Gasteiger partial charge >= 0.3 is 0 Å². The molecule has 0 spiro atoms. The van der Waals surface area contributed by atoms with Gasteiger partial charge in [0.25, 0.3) is 0 Å². The van der Waals surface area contributed by atoms with E-state index in [9.17, 15) is 9.59 Å². The number of benzene rings is 1. The second-order valence-corrected chi connectivity index (χ2v) is 4.12. The van der Waals surface area contributed by atoms with Crippen molar-refractivity contribution in [2.45, 2.75) is 32.1 Å². The fraction of sp³-hybridized carbons (Fsp3) is 0.385. The molecule has 1 aromatic rings. The molecule has 0 N–H and O–H groups in total. The lowest BCUT2D eigenvalue weighted by atomic mass is 9.91. The molecule has 78 valence electrons. The lowest BCUT2D eigenvalue weighted by Crippen LogP contribution is -2.03. The van der Waals surface area contributed by atoms with E-state index in [0.29, 0.717) is 18.6 Å². The van der Waals surface area contributed by atoms with E-state index in [4.69, 9.17) is 0 Å². The number of hydrogen-bond acceptors (Lipinski definition) is 2. The minimum atomic E-state index is 0.0879. The molecule has 0 amide bonds. The normalized spacial score (nSPS) is 20.6. The van der Waals surface area contributed by atoms with E-state index in [1.54, 1.807) is 6.92 Å². The van der Waals surface area contributed by atoms with Gasteiger partial charge < -0.3 is 0 Å². The van der Waals surface area contributed by atoms with E-state index < -0.39 is 0 Å². The molecule has 1 unspecified atom stereocenters. The van der Waals surface area contributed by atoms with Crippen LogP contribution < -0.4 is 0 Å².